The van der Waals surface area contributed by atoms with Crippen LogP contribution in [0.4, 0.5) is 9.93 Å². The van der Waals surface area contributed by atoms with Crippen LogP contribution in [0, 0.1) is 0 Å². The predicted octanol–water partition coefficient (Wildman–Crippen LogP) is 4.61. The Kier molecular flexibility index (Phi) is 7.10. The number of ether oxygens (including phenoxy) is 2. The number of urea groups is 1. The molecule has 2 aromatic carbocycles. The molecule has 3 N–H and O–H groups in total. The van der Waals surface area contributed by atoms with E-state index in [0.29, 0.717) is 34.1 Å². The monoisotopic (exact) mass is 587 g/mol. The number of benzene rings is 2. The van der Waals surface area contributed by atoms with E-state index >= 15 is 0 Å². The minimum atomic E-state index is -0.265. The number of morpholine rings is 1. The van der Waals surface area contributed by atoms with Crippen LogP contribution in [0.3, 0.4) is 0 Å². The van der Waals surface area contributed by atoms with Gasteiger partial charge in [0.15, 0.2) is 10.8 Å². The zero-order chi connectivity index (χ0) is 27.6. The second-order valence-corrected chi connectivity index (χ2v) is 11.4. The highest BCUT2D eigenvalue weighted by molar-refractivity contribution is 7.99. The van der Waals surface area contributed by atoms with E-state index in [9.17, 15) is 4.79 Å². The standard InChI is InChI=1S/C27H25N9O3S2/c37-25(29-9-10-35-11-13-38-14-12-35)31-26-30-20-4-3-19(16-22(20)41-26)40-27-33-32-23-5-6-24(34-36(23)27)39-18-2-1-17-7-8-28-21(17)15-18/h1-8,15-16,28H,9-14H2,(H2,29,30,31,37). The molecule has 0 spiro atoms. The zero-order valence-electron chi connectivity index (χ0n) is 21.7. The maximum Gasteiger partial charge on any atom is 0.321 e. The normalized spacial score (nSPS) is 14.1. The Morgan fingerprint density at radius 1 is 1.10 bits per heavy atom. The molecular weight excluding hydrogens is 562 g/mol. The fraction of sp³-hybridized carbons (Fsp3) is 0.222. The Hall–Kier alpha value is -4.24. The average molecular weight is 588 g/mol. The van der Waals surface area contributed by atoms with Gasteiger partial charge in [-0.05, 0) is 59.6 Å². The molecule has 0 saturated carbocycles. The van der Waals surface area contributed by atoms with Crippen molar-refractivity contribution in [3.63, 3.8) is 0 Å². The molecule has 41 heavy (non-hydrogen) atoms. The van der Waals surface area contributed by atoms with E-state index in [2.05, 4.69) is 40.8 Å². The molecule has 12 nitrogen and oxygen atoms in total. The first-order valence-corrected chi connectivity index (χ1v) is 14.7. The van der Waals surface area contributed by atoms with Crippen LogP contribution >= 0.6 is 23.1 Å². The van der Waals surface area contributed by atoms with Crippen LogP contribution in [0.25, 0.3) is 26.8 Å². The van der Waals surface area contributed by atoms with Crippen molar-refractivity contribution in [2.75, 3.05) is 44.7 Å². The van der Waals surface area contributed by atoms with Crippen molar-refractivity contribution in [3.8, 4) is 11.6 Å². The molecule has 5 heterocycles. The molecule has 1 fully saturated rings. The summed E-state index contributed by atoms with van der Waals surface area (Å²) in [5.41, 5.74) is 2.41. The first-order chi connectivity index (χ1) is 20.2. The molecule has 1 aliphatic heterocycles. The van der Waals surface area contributed by atoms with Crippen molar-refractivity contribution >= 4 is 61.0 Å². The van der Waals surface area contributed by atoms with E-state index in [1.165, 1.54) is 23.1 Å². The van der Waals surface area contributed by atoms with Crippen molar-refractivity contribution < 1.29 is 14.3 Å². The summed E-state index contributed by atoms with van der Waals surface area (Å²) in [5.74, 6) is 1.11. The maximum atomic E-state index is 12.4. The second-order valence-electron chi connectivity index (χ2n) is 9.34. The SMILES string of the molecule is O=C(NCCN1CCOCC1)Nc1nc2ccc(Sc3nnc4ccc(Oc5ccc6cc[nH]c6c5)nn34)cc2s1. The van der Waals surface area contributed by atoms with Crippen LogP contribution < -0.4 is 15.4 Å². The van der Waals surface area contributed by atoms with E-state index in [1.807, 2.05) is 54.7 Å². The third kappa shape index (κ3) is 5.81. The van der Waals surface area contributed by atoms with Crippen LogP contribution in [0.15, 0.2) is 70.8 Å². The molecule has 1 saturated heterocycles. The van der Waals surface area contributed by atoms with Crippen LogP contribution in [0.2, 0.25) is 0 Å². The third-order valence-corrected chi connectivity index (χ3v) is 8.43. The summed E-state index contributed by atoms with van der Waals surface area (Å²) < 4.78 is 14.0. The van der Waals surface area contributed by atoms with Gasteiger partial charge in [-0.2, -0.15) is 4.52 Å². The van der Waals surface area contributed by atoms with E-state index in [1.54, 1.807) is 10.6 Å². The molecule has 0 unspecified atom stereocenters. The number of aromatic nitrogens is 6. The number of anilines is 1. The van der Waals surface area contributed by atoms with Crippen molar-refractivity contribution in [3.05, 3.63) is 60.8 Å². The number of H-pyrrole nitrogens is 1. The fourth-order valence-electron chi connectivity index (χ4n) is 4.50. The maximum absolute atomic E-state index is 12.4. The van der Waals surface area contributed by atoms with Crippen molar-refractivity contribution in [2.24, 2.45) is 0 Å². The number of amides is 2. The molecule has 14 heteroatoms. The van der Waals surface area contributed by atoms with Gasteiger partial charge in [0.25, 0.3) is 0 Å². The molecule has 0 radical (unpaired) electrons. The van der Waals surface area contributed by atoms with Crippen LogP contribution in [0.5, 0.6) is 11.6 Å². The lowest BCUT2D eigenvalue weighted by Crippen LogP contribution is -2.42. The number of carbonyl (C=O) groups is 1. The molecule has 0 bridgehead atoms. The fourth-order valence-corrected chi connectivity index (χ4v) is 6.30. The topological polar surface area (TPSA) is 135 Å². The summed E-state index contributed by atoms with van der Waals surface area (Å²) in [4.78, 5) is 23.3. The highest BCUT2D eigenvalue weighted by Crippen LogP contribution is 2.33. The molecule has 208 valence electrons. The minimum absolute atomic E-state index is 0.265. The van der Waals surface area contributed by atoms with Crippen molar-refractivity contribution in [1.29, 1.82) is 0 Å². The van der Waals surface area contributed by atoms with E-state index in [4.69, 9.17) is 9.47 Å². The lowest BCUT2D eigenvalue weighted by Gasteiger charge is -2.26. The van der Waals surface area contributed by atoms with Gasteiger partial charge < -0.3 is 19.8 Å². The molecule has 1 aliphatic rings. The Balaban J connectivity index is 1.01. The number of thiazole rings is 1. The van der Waals surface area contributed by atoms with Crippen molar-refractivity contribution in [2.45, 2.75) is 10.1 Å². The van der Waals surface area contributed by atoms with Crippen LogP contribution in [-0.4, -0.2) is 80.1 Å². The lowest BCUT2D eigenvalue weighted by molar-refractivity contribution is 0.0388. The summed E-state index contributed by atoms with van der Waals surface area (Å²) in [7, 11) is 0. The molecule has 0 aliphatic carbocycles. The number of nitrogens with zero attached hydrogens (tertiary/aromatic N) is 6. The molecule has 0 atom stereocenters. The number of nitrogens with one attached hydrogen (secondary N) is 3. The number of rotatable bonds is 8. The summed E-state index contributed by atoms with van der Waals surface area (Å²) in [5, 5.41) is 21.2. The molecule has 6 aromatic rings. The summed E-state index contributed by atoms with van der Waals surface area (Å²) in [6, 6.07) is 17.1. The van der Waals surface area contributed by atoms with Gasteiger partial charge in [-0.1, -0.05) is 11.3 Å². The zero-order valence-corrected chi connectivity index (χ0v) is 23.4. The van der Waals surface area contributed by atoms with Crippen molar-refractivity contribution in [1.82, 2.24) is 40.0 Å². The van der Waals surface area contributed by atoms with E-state index < -0.39 is 0 Å². The highest BCUT2D eigenvalue weighted by atomic mass is 32.2. The Labute approximate surface area is 242 Å². The summed E-state index contributed by atoms with van der Waals surface area (Å²) in [6.07, 6.45) is 1.89. The number of fused-ring (bicyclic) bond motifs is 3. The Morgan fingerprint density at radius 2 is 2.02 bits per heavy atom. The summed E-state index contributed by atoms with van der Waals surface area (Å²) >= 11 is 2.85. The number of aromatic amines is 1. The minimum Gasteiger partial charge on any atom is -0.438 e. The largest absolute Gasteiger partial charge is 0.438 e. The van der Waals surface area contributed by atoms with Gasteiger partial charge in [-0.3, -0.25) is 10.2 Å². The van der Waals surface area contributed by atoms with E-state index in [0.717, 1.165) is 58.9 Å². The van der Waals surface area contributed by atoms with Gasteiger partial charge in [-0.25, -0.2) is 9.78 Å². The highest BCUT2D eigenvalue weighted by Gasteiger charge is 2.14. The van der Waals surface area contributed by atoms with Crippen LogP contribution in [-0.2, 0) is 4.74 Å². The summed E-state index contributed by atoms with van der Waals surface area (Å²) in [6.45, 7) is 4.62. The first-order valence-electron chi connectivity index (χ1n) is 13.1. The van der Waals surface area contributed by atoms with Gasteiger partial charge in [-0.15, -0.1) is 15.3 Å². The predicted molar refractivity (Wildman–Crippen MR) is 157 cm³/mol. The van der Waals surface area contributed by atoms with Gasteiger partial charge in [0, 0.05) is 54.9 Å². The molecular formula is C27H25N9O3S2. The number of carbonyl (C=O) groups excluding carboxylic acids is 1. The molecule has 7 rings (SSSR count). The van der Waals surface area contributed by atoms with Gasteiger partial charge >= 0.3 is 6.03 Å². The first kappa shape index (κ1) is 25.7. The number of hydrogen-bond donors (Lipinski definition) is 3. The Morgan fingerprint density at radius 3 is 2.95 bits per heavy atom. The number of hydrogen-bond acceptors (Lipinski definition) is 10. The third-order valence-electron chi connectivity index (χ3n) is 6.57. The van der Waals surface area contributed by atoms with Crippen LogP contribution in [0.1, 0.15) is 0 Å². The molecule has 2 amide bonds. The van der Waals surface area contributed by atoms with Gasteiger partial charge in [0.1, 0.15) is 5.75 Å². The molecule has 4 aromatic heterocycles. The van der Waals surface area contributed by atoms with Gasteiger partial charge in [0.2, 0.25) is 11.0 Å². The quantitative estimate of drug-likeness (QED) is 0.233. The average Bonchev–Trinajstić information content (AvgIpc) is 3.71. The smallest absolute Gasteiger partial charge is 0.321 e. The lowest BCUT2D eigenvalue weighted by atomic mass is 10.2. The Bertz CT molecular complexity index is 1840. The second kappa shape index (κ2) is 11.3. The van der Waals surface area contributed by atoms with Gasteiger partial charge in [0.05, 0.1) is 23.4 Å². The van der Waals surface area contributed by atoms with E-state index in [-0.39, 0.29) is 6.03 Å².